The first-order valence-electron chi connectivity index (χ1n) is 7.91. The quantitative estimate of drug-likeness (QED) is 0.904. The van der Waals surface area contributed by atoms with Gasteiger partial charge in [0.2, 0.25) is 0 Å². The fourth-order valence-electron chi connectivity index (χ4n) is 3.28. The summed E-state index contributed by atoms with van der Waals surface area (Å²) in [6, 6.07) is 9.74. The van der Waals surface area contributed by atoms with Gasteiger partial charge in [0.1, 0.15) is 5.82 Å². The number of hydrogen-bond donors (Lipinski definition) is 1. The average Bonchev–Trinajstić information content (AvgIpc) is 2.90. The van der Waals surface area contributed by atoms with Crippen LogP contribution in [-0.2, 0) is 16.3 Å². The lowest BCUT2D eigenvalue weighted by Crippen LogP contribution is -2.43. The molecular formula is C17H19N3O2S. The van der Waals surface area contributed by atoms with Crippen LogP contribution in [0.4, 0.5) is 5.82 Å². The monoisotopic (exact) mass is 329 g/mol. The van der Waals surface area contributed by atoms with E-state index in [1.165, 1.54) is 0 Å². The fourth-order valence-corrected chi connectivity index (χ4v) is 4.82. The van der Waals surface area contributed by atoms with Gasteiger partial charge >= 0.3 is 0 Å². The summed E-state index contributed by atoms with van der Waals surface area (Å²) >= 11 is 0. The largest absolute Gasteiger partial charge is 0.354 e. The second-order valence-corrected chi connectivity index (χ2v) is 8.11. The number of hydrogen-bond acceptors (Lipinski definition) is 5. The zero-order valence-corrected chi connectivity index (χ0v) is 13.6. The van der Waals surface area contributed by atoms with Gasteiger partial charge in [0.15, 0.2) is 9.84 Å². The number of piperazine rings is 1. The summed E-state index contributed by atoms with van der Waals surface area (Å²) in [6.45, 7) is 3.86. The van der Waals surface area contributed by atoms with Crippen molar-refractivity contribution in [3.63, 3.8) is 0 Å². The Morgan fingerprint density at radius 3 is 2.65 bits per heavy atom. The molecule has 0 spiro atoms. The van der Waals surface area contributed by atoms with Gasteiger partial charge in [0.25, 0.3) is 0 Å². The minimum Gasteiger partial charge on any atom is -0.354 e. The van der Waals surface area contributed by atoms with E-state index in [0.29, 0.717) is 11.3 Å². The minimum atomic E-state index is -3.06. The Morgan fingerprint density at radius 1 is 1.04 bits per heavy atom. The zero-order valence-electron chi connectivity index (χ0n) is 12.8. The van der Waals surface area contributed by atoms with Gasteiger partial charge in [-0.3, -0.25) is 0 Å². The molecule has 1 saturated heterocycles. The highest BCUT2D eigenvalue weighted by atomic mass is 32.2. The number of anilines is 1. The Bertz CT molecular complexity index is 843. The van der Waals surface area contributed by atoms with Crippen LogP contribution in [0.1, 0.15) is 5.56 Å². The first kappa shape index (κ1) is 14.7. The molecular weight excluding hydrogens is 310 g/mol. The summed E-state index contributed by atoms with van der Waals surface area (Å²) in [7, 11) is -3.06. The number of aryl methyl sites for hydroxylation is 1. The second kappa shape index (κ2) is 5.62. The van der Waals surface area contributed by atoms with Crippen molar-refractivity contribution in [1.29, 1.82) is 0 Å². The standard InChI is InChI=1S/C17H19N3O2S/c21-23(22)10-4-15-11-13(1-2-16(15)23)14-3-5-19-17(12-14)20-8-6-18-7-9-20/h1-3,5,11-12,18H,4,6-10H2. The van der Waals surface area contributed by atoms with Crippen molar-refractivity contribution in [2.45, 2.75) is 11.3 Å². The van der Waals surface area contributed by atoms with Gasteiger partial charge in [0, 0.05) is 32.4 Å². The molecule has 2 aromatic rings. The summed E-state index contributed by atoms with van der Waals surface area (Å²) in [4.78, 5) is 7.26. The van der Waals surface area contributed by atoms with Gasteiger partial charge in [-0.15, -0.1) is 0 Å². The Hall–Kier alpha value is -1.92. The highest BCUT2D eigenvalue weighted by Gasteiger charge is 2.26. The highest BCUT2D eigenvalue weighted by molar-refractivity contribution is 7.91. The van der Waals surface area contributed by atoms with Crippen LogP contribution >= 0.6 is 0 Å². The lowest BCUT2D eigenvalue weighted by atomic mass is 10.0. The van der Waals surface area contributed by atoms with Crippen LogP contribution in [0.5, 0.6) is 0 Å². The molecule has 1 N–H and O–H groups in total. The van der Waals surface area contributed by atoms with Gasteiger partial charge in [-0.05, 0) is 47.4 Å². The molecule has 2 aliphatic heterocycles. The van der Waals surface area contributed by atoms with Crippen molar-refractivity contribution in [3.8, 4) is 11.1 Å². The number of nitrogens with zero attached hydrogens (tertiary/aromatic N) is 2. The minimum absolute atomic E-state index is 0.230. The van der Waals surface area contributed by atoms with Gasteiger partial charge in [-0.1, -0.05) is 6.07 Å². The maximum Gasteiger partial charge on any atom is 0.178 e. The van der Waals surface area contributed by atoms with Crippen LogP contribution in [0, 0.1) is 0 Å². The summed E-state index contributed by atoms with van der Waals surface area (Å²) in [5.74, 6) is 1.21. The van der Waals surface area contributed by atoms with E-state index in [-0.39, 0.29) is 5.75 Å². The van der Waals surface area contributed by atoms with E-state index in [1.54, 1.807) is 6.07 Å². The molecule has 23 heavy (non-hydrogen) atoms. The first-order chi connectivity index (χ1) is 11.1. The topological polar surface area (TPSA) is 62.3 Å². The number of sulfone groups is 1. The molecule has 3 heterocycles. The molecule has 0 amide bonds. The van der Waals surface area contributed by atoms with Crippen LogP contribution < -0.4 is 10.2 Å². The molecule has 1 aromatic heterocycles. The van der Waals surface area contributed by atoms with Crippen molar-refractivity contribution in [2.75, 3.05) is 36.8 Å². The SMILES string of the molecule is O=S1(=O)CCc2cc(-c3ccnc(N4CCNCC4)c3)ccc21. The summed E-state index contributed by atoms with van der Waals surface area (Å²) in [6.07, 6.45) is 2.44. The van der Waals surface area contributed by atoms with Crippen molar-refractivity contribution in [1.82, 2.24) is 10.3 Å². The van der Waals surface area contributed by atoms with E-state index in [4.69, 9.17) is 0 Å². The van der Waals surface area contributed by atoms with Crippen molar-refractivity contribution in [2.24, 2.45) is 0 Å². The van der Waals surface area contributed by atoms with Crippen LogP contribution in [-0.4, -0.2) is 45.3 Å². The number of fused-ring (bicyclic) bond motifs is 1. The molecule has 1 fully saturated rings. The average molecular weight is 329 g/mol. The number of aromatic nitrogens is 1. The number of benzene rings is 1. The van der Waals surface area contributed by atoms with E-state index >= 15 is 0 Å². The molecule has 0 unspecified atom stereocenters. The predicted octanol–water partition coefficient (Wildman–Crippen LogP) is 1.49. The Balaban J connectivity index is 1.69. The molecule has 0 radical (unpaired) electrons. The van der Waals surface area contributed by atoms with Crippen LogP contribution in [0.15, 0.2) is 41.4 Å². The normalized spacial score (nSPS) is 19.6. The van der Waals surface area contributed by atoms with Crippen LogP contribution in [0.2, 0.25) is 0 Å². The molecule has 0 aliphatic carbocycles. The van der Waals surface area contributed by atoms with E-state index in [2.05, 4.69) is 21.3 Å². The second-order valence-electron chi connectivity index (χ2n) is 6.03. The Kier molecular flexibility index (Phi) is 3.58. The molecule has 2 aliphatic rings. The maximum atomic E-state index is 11.9. The van der Waals surface area contributed by atoms with E-state index in [9.17, 15) is 8.42 Å². The first-order valence-corrected chi connectivity index (χ1v) is 9.56. The third kappa shape index (κ3) is 2.72. The number of nitrogens with one attached hydrogen (secondary N) is 1. The third-order valence-corrected chi connectivity index (χ3v) is 6.37. The lowest BCUT2D eigenvalue weighted by Gasteiger charge is -2.28. The van der Waals surface area contributed by atoms with Gasteiger partial charge in [0.05, 0.1) is 10.6 Å². The fraction of sp³-hybridized carbons (Fsp3) is 0.353. The number of pyridine rings is 1. The number of rotatable bonds is 2. The van der Waals surface area contributed by atoms with E-state index in [0.717, 1.165) is 48.7 Å². The van der Waals surface area contributed by atoms with Crippen LogP contribution in [0.3, 0.4) is 0 Å². The molecule has 0 saturated carbocycles. The Labute approximate surface area is 136 Å². The molecule has 0 atom stereocenters. The molecule has 4 rings (SSSR count). The van der Waals surface area contributed by atoms with E-state index < -0.39 is 9.84 Å². The lowest BCUT2D eigenvalue weighted by molar-refractivity contribution is 0.585. The summed E-state index contributed by atoms with van der Waals surface area (Å²) < 4.78 is 23.9. The molecule has 1 aromatic carbocycles. The maximum absolute atomic E-state index is 11.9. The van der Waals surface area contributed by atoms with Crippen molar-refractivity contribution < 1.29 is 8.42 Å². The van der Waals surface area contributed by atoms with E-state index in [1.807, 2.05) is 24.4 Å². The summed E-state index contributed by atoms with van der Waals surface area (Å²) in [5, 5.41) is 3.34. The highest BCUT2D eigenvalue weighted by Crippen LogP contribution is 2.31. The summed E-state index contributed by atoms with van der Waals surface area (Å²) in [5.41, 5.74) is 3.07. The Morgan fingerprint density at radius 2 is 1.83 bits per heavy atom. The van der Waals surface area contributed by atoms with Crippen molar-refractivity contribution >= 4 is 15.7 Å². The van der Waals surface area contributed by atoms with Gasteiger partial charge < -0.3 is 10.2 Å². The molecule has 0 bridgehead atoms. The van der Waals surface area contributed by atoms with Gasteiger partial charge in [-0.25, -0.2) is 13.4 Å². The molecule has 120 valence electrons. The third-order valence-electron chi connectivity index (χ3n) is 4.56. The zero-order chi connectivity index (χ0) is 15.9. The van der Waals surface area contributed by atoms with Gasteiger partial charge in [-0.2, -0.15) is 0 Å². The molecule has 6 heteroatoms. The molecule has 5 nitrogen and oxygen atoms in total. The van der Waals surface area contributed by atoms with Crippen molar-refractivity contribution in [3.05, 3.63) is 42.1 Å². The smallest absolute Gasteiger partial charge is 0.178 e. The predicted molar refractivity (Wildman–Crippen MR) is 90.5 cm³/mol. The van der Waals surface area contributed by atoms with Crippen LogP contribution in [0.25, 0.3) is 11.1 Å².